The van der Waals surface area contributed by atoms with E-state index < -0.39 is 10.8 Å². The summed E-state index contributed by atoms with van der Waals surface area (Å²) < 4.78 is 12.5. The first-order valence-electron chi connectivity index (χ1n) is 9.20. The highest BCUT2D eigenvalue weighted by molar-refractivity contribution is 7.84. The highest BCUT2D eigenvalue weighted by Crippen LogP contribution is 2.24. The molecule has 0 aromatic heterocycles. The van der Waals surface area contributed by atoms with E-state index >= 15 is 0 Å². The van der Waals surface area contributed by atoms with Crippen LogP contribution in [0.1, 0.15) is 56.9 Å². The van der Waals surface area contributed by atoms with Gasteiger partial charge in [-0.3, -0.25) is 9.00 Å². The Kier molecular flexibility index (Phi) is 8.40. The molecule has 1 aliphatic heterocycles. The van der Waals surface area contributed by atoms with Gasteiger partial charge < -0.3 is 10.6 Å². The number of anilines is 1. The normalized spacial score (nSPS) is 22.2. The summed E-state index contributed by atoms with van der Waals surface area (Å²) in [5.74, 6) is 0.651. The van der Waals surface area contributed by atoms with Gasteiger partial charge in [-0.2, -0.15) is 0 Å². The molecule has 1 heterocycles. The molecule has 1 aromatic carbocycles. The van der Waals surface area contributed by atoms with Gasteiger partial charge in [-0.05, 0) is 49.9 Å². The minimum Gasteiger partial charge on any atom is -0.326 e. The number of hydrogen-bond acceptors (Lipinski definition) is 3. The van der Waals surface area contributed by atoms with Crippen LogP contribution in [0.15, 0.2) is 24.3 Å². The Morgan fingerprint density at radius 2 is 1.96 bits per heavy atom. The topological polar surface area (TPSA) is 58.2 Å². The molecule has 0 bridgehead atoms. The average Bonchev–Trinajstić information content (AvgIpc) is 3.08. The van der Waals surface area contributed by atoms with Crippen LogP contribution in [0.4, 0.5) is 5.69 Å². The second kappa shape index (κ2) is 10.3. The fraction of sp³-hybridized carbons (Fsp3) is 0.632. The SMILES string of the molecule is Cl.O=C(CC1CCCN1)Nc1cccc(CS(=O)C2CCCCC2)c1. The van der Waals surface area contributed by atoms with Crippen LogP contribution < -0.4 is 10.6 Å². The maximum absolute atomic E-state index is 12.5. The van der Waals surface area contributed by atoms with Gasteiger partial charge in [-0.1, -0.05) is 31.4 Å². The van der Waals surface area contributed by atoms with Crippen molar-refractivity contribution in [2.45, 2.75) is 68.4 Å². The van der Waals surface area contributed by atoms with Crippen LogP contribution in [0.5, 0.6) is 0 Å². The third-order valence-electron chi connectivity index (χ3n) is 5.04. The maximum Gasteiger partial charge on any atom is 0.225 e. The molecule has 0 radical (unpaired) electrons. The molecule has 2 fully saturated rings. The van der Waals surface area contributed by atoms with Gasteiger partial charge in [-0.15, -0.1) is 12.4 Å². The summed E-state index contributed by atoms with van der Waals surface area (Å²) in [5, 5.41) is 6.68. The second-order valence-electron chi connectivity index (χ2n) is 7.03. The molecule has 6 heteroatoms. The number of rotatable bonds is 6. The zero-order valence-electron chi connectivity index (χ0n) is 14.7. The predicted octanol–water partition coefficient (Wildman–Crippen LogP) is 3.77. The molecule has 3 rings (SSSR count). The van der Waals surface area contributed by atoms with Crippen molar-refractivity contribution >= 4 is 34.8 Å². The summed E-state index contributed by atoms with van der Waals surface area (Å²) in [5.41, 5.74) is 1.87. The molecular formula is C19H29ClN2O2S. The van der Waals surface area contributed by atoms with Crippen LogP contribution in [0.3, 0.4) is 0 Å². The third kappa shape index (κ3) is 6.39. The average molecular weight is 385 g/mol. The van der Waals surface area contributed by atoms with E-state index in [-0.39, 0.29) is 18.3 Å². The summed E-state index contributed by atoms with van der Waals surface area (Å²) in [4.78, 5) is 12.1. The Hall–Kier alpha value is -0.910. The predicted molar refractivity (Wildman–Crippen MR) is 107 cm³/mol. The Morgan fingerprint density at radius 3 is 2.68 bits per heavy atom. The monoisotopic (exact) mass is 384 g/mol. The zero-order valence-corrected chi connectivity index (χ0v) is 16.3. The largest absolute Gasteiger partial charge is 0.326 e. The molecule has 2 unspecified atom stereocenters. The summed E-state index contributed by atoms with van der Waals surface area (Å²) in [7, 11) is -0.805. The molecule has 4 nitrogen and oxygen atoms in total. The lowest BCUT2D eigenvalue weighted by Gasteiger charge is -2.21. The Balaban J connectivity index is 0.00000225. The first kappa shape index (κ1) is 20.4. The number of carbonyl (C=O) groups excluding carboxylic acids is 1. The molecule has 1 amide bonds. The number of hydrogen-bond donors (Lipinski definition) is 2. The van der Waals surface area contributed by atoms with Gasteiger partial charge in [0.25, 0.3) is 0 Å². The standard InChI is InChI=1S/C19H28N2O2S.ClH/c22-19(13-16-8-5-11-20-16)21-17-7-4-6-15(12-17)14-24(23)18-9-2-1-3-10-18;/h4,6-7,12,16,18,20H,1-3,5,8-11,13-14H2,(H,21,22);1H. The number of amides is 1. The minimum atomic E-state index is -0.805. The van der Waals surface area contributed by atoms with Gasteiger partial charge in [0, 0.05) is 40.0 Å². The molecule has 1 aliphatic carbocycles. The number of benzene rings is 1. The van der Waals surface area contributed by atoms with Crippen molar-refractivity contribution in [2.75, 3.05) is 11.9 Å². The lowest BCUT2D eigenvalue weighted by Crippen LogP contribution is -2.27. The molecule has 140 valence electrons. The molecule has 2 aliphatic rings. The van der Waals surface area contributed by atoms with Crippen molar-refractivity contribution < 1.29 is 9.00 Å². The van der Waals surface area contributed by atoms with Gasteiger partial charge in [0.05, 0.1) is 0 Å². The van der Waals surface area contributed by atoms with E-state index in [2.05, 4.69) is 10.6 Å². The molecular weight excluding hydrogens is 356 g/mol. The second-order valence-corrected chi connectivity index (χ2v) is 8.75. The van der Waals surface area contributed by atoms with Crippen molar-refractivity contribution in [3.05, 3.63) is 29.8 Å². The van der Waals surface area contributed by atoms with Gasteiger partial charge >= 0.3 is 0 Å². The van der Waals surface area contributed by atoms with Gasteiger partial charge in [0.2, 0.25) is 5.91 Å². The first-order chi connectivity index (χ1) is 11.7. The lowest BCUT2D eigenvalue weighted by molar-refractivity contribution is -0.116. The van der Waals surface area contributed by atoms with Gasteiger partial charge in [0.1, 0.15) is 0 Å². The summed E-state index contributed by atoms with van der Waals surface area (Å²) >= 11 is 0. The van der Waals surface area contributed by atoms with Gasteiger partial charge in [0.15, 0.2) is 0 Å². The van der Waals surface area contributed by atoms with Crippen molar-refractivity contribution in [2.24, 2.45) is 0 Å². The first-order valence-corrected chi connectivity index (χ1v) is 10.6. The van der Waals surface area contributed by atoms with Crippen LogP contribution in [-0.4, -0.2) is 28.0 Å². The van der Waals surface area contributed by atoms with E-state index in [0.717, 1.165) is 43.5 Å². The van der Waals surface area contributed by atoms with Crippen LogP contribution >= 0.6 is 12.4 Å². The Bertz CT molecular complexity index is 585. The summed E-state index contributed by atoms with van der Waals surface area (Å²) in [6.07, 6.45) is 8.65. The van der Waals surface area contributed by atoms with E-state index in [1.165, 1.54) is 19.3 Å². The number of nitrogens with one attached hydrogen (secondary N) is 2. The van der Waals surface area contributed by atoms with Crippen LogP contribution in [0.2, 0.25) is 0 Å². The Morgan fingerprint density at radius 1 is 1.16 bits per heavy atom. The summed E-state index contributed by atoms with van der Waals surface area (Å²) in [6, 6.07) is 8.14. The number of carbonyl (C=O) groups is 1. The van der Waals surface area contributed by atoms with E-state index in [1.807, 2.05) is 24.3 Å². The molecule has 2 N–H and O–H groups in total. The van der Waals surface area contributed by atoms with Crippen LogP contribution in [-0.2, 0) is 21.3 Å². The van der Waals surface area contributed by atoms with Crippen molar-refractivity contribution in [3.63, 3.8) is 0 Å². The fourth-order valence-electron chi connectivity index (χ4n) is 3.72. The van der Waals surface area contributed by atoms with Crippen molar-refractivity contribution in [3.8, 4) is 0 Å². The van der Waals surface area contributed by atoms with E-state index in [9.17, 15) is 9.00 Å². The highest BCUT2D eigenvalue weighted by atomic mass is 35.5. The zero-order chi connectivity index (χ0) is 16.8. The van der Waals surface area contributed by atoms with E-state index in [4.69, 9.17) is 0 Å². The Labute approximate surface area is 159 Å². The van der Waals surface area contributed by atoms with Crippen molar-refractivity contribution in [1.29, 1.82) is 0 Å². The lowest BCUT2D eigenvalue weighted by atomic mass is 10.0. The fourth-order valence-corrected chi connectivity index (χ4v) is 5.32. The van der Waals surface area contributed by atoms with E-state index in [0.29, 0.717) is 23.5 Å². The molecule has 2 atom stereocenters. The maximum atomic E-state index is 12.5. The molecule has 1 saturated heterocycles. The summed E-state index contributed by atoms with van der Waals surface area (Å²) in [6.45, 7) is 1.01. The molecule has 0 spiro atoms. The third-order valence-corrected chi connectivity index (χ3v) is 6.87. The van der Waals surface area contributed by atoms with E-state index in [1.54, 1.807) is 0 Å². The molecule has 1 aromatic rings. The smallest absolute Gasteiger partial charge is 0.225 e. The van der Waals surface area contributed by atoms with Crippen molar-refractivity contribution in [1.82, 2.24) is 5.32 Å². The minimum absolute atomic E-state index is 0. The van der Waals surface area contributed by atoms with Gasteiger partial charge in [-0.25, -0.2) is 0 Å². The quantitative estimate of drug-likeness (QED) is 0.784. The molecule has 1 saturated carbocycles. The van der Waals surface area contributed by atoms with Crippen LogP contribution in [0.25, 0.3) is 0 Å². The highest BCUT2D eigenvalue weighted by Gasteiger charge is 2.20. The van der Waals surface area contributed by atoms with Crippen LogP contribution in [0, 0.1) is 0 Å². The number of halogens is 1. The molecule has 25 heavy (non-hydrogen) atoms.